The molecule has 25 heavy (non-hydrogen) atoms. The summed E-state index contributed by atoms with van der Waals surface area (Å²) < 4.78 is 8.65. The lowest BCUT2D eigenvalue weighted by Crippen LogP contribution is -2.24. The molecule has 0 radical (unpaired) electrons. The number of nitrogens with zero attached hydrogens (tertiary/aromatic N) is 4. The fourth-order valence-corrected chi connectivity index (χ4v) is 3.43. The Morgan fingerprint density at radius 3 is 3.08 bits per heavy atom. The van der Waals surface area contributed by atoms with Gasteiger partial charge in [-0.2, -0.15) is 5.26 Å². The van der Waals surface area contributed by atoms with Gasteiger partial charge < -0.3 is 9.84 Å². The van der Waals surface area contributed by atoms with Crippen molar-refractivity contribution in [2.45, 2.75) is 13.0 Å². The number of carbonyl (C=O) groups is 1. The molecule has 0 aliphatic rings. The zero-order valence-corrected chi connectivity index (χ0v) is 14.6. The molecule has 0 saturated heterocycles. The van der Waals surface area contributed by atoms with E-state index in [4.69, 9.17) is 21.6 Å². The maximum Gasteiger partial charge on any atom is 0.286 e. The number of nitriles is 1. The molecule has 0 saturated carbocycles. The van der Waals surface area contributed by atoms with E-state index >= 15 is 0 Å². The molecule has 3 heterocycles. The number of fused-ring (bicyclic) bond motifs is 1. The highest BCUT2D eigenvalue weighted by Gasteiger charge is 2.26. The molecule has 0 aromatic carbocycles. The standard InChI is InChI=1S/C16H13ClN4O3S/c17-16-19-8-11(25-16)9-21-13-4-1-2-6-20(13)15(23)14(21)12(22)10-24-7-3-5-18/h1-2,4,6,8H,3,7,9-10H2. The van der Waals surface area contributed by atoms with Gasteiger partial charge in [-0.25, -0.2) is 14.0 Å². The summed E-state index contributed by atoms with van der Waals surface area (Å²) in [5, 5.41) is 21.2. The molecule has 0 aliphatic carbocycles. The third kappa shape index (κ3) is 3.64. The second kappa shape index (κ2) is 7.61. The number of ether oxygens (including phenoxy) is 1. The smallest absolute Gasteiger partial charge is 0.286 e. The molecule has 0 fully saturated rings. The summed E-state index contributed by atoms with van der Waals surface area (Å²) in [7, 11) is 0. The van der Waals surface area contributed by atoms with E-state index in [2.05, 4.69) is 4.98 Å². The van der Waals surface area contributed by atoms with Crippen LogP contribution in [-0.4, -0.2) is 28.5 Å². The maximum atomic E-state index is 12.7. The van der Waals surface area contributed by atoms with E-state index in [1.807, 2.05) is 6.07 Å². The topological polar surface area (TPSA) is 95.1 Å². The van der Waals surface area contributed by atoms with Crippen molar-refractivity contribution in [3.8, 4) is 11.9 Å². The number of rotatable bonds is 7. The summed E-state index contributed by atoms with van der Waals surface area (Å²) in [6, 6.07) is 7.21. The van der Waals surface area contributed by atoms with E-state index in [1.165, 1.54) is 15.7 Å². The molecule has 0 spiro atoms. The van der Waals surface area contributed by atoms with Crippen LogP contribution in [0.2, 0.25) is 4.47 Å². The summed E-state index contributed by atoms with van der Waals surface area (Å²) in [6.45, 7) is 0.199. The van der Waals surface area contributed by atoms with Gasteiger partial charge >= 0.3 is 0 Å². The summed E-state index contributed by atoms with van der Waals surface area (Å²) in [4.78, 5) is 17.3. The van der Waals surface area contributed by atoms with Crippen LogP contribution in [0.4, 0.5) is 0 Å². The molecule has 3 rings (SSSR count). The largest absolute Gasteiger partial charge is 0.839 e. The lowest BCUT2D eigenvalue weighted by Gasteiger charge is -2.05. The molecular weight excluding hydrogens is 364 g/mol. The molecule has 0 atom stereocenters. The average Bonchev–Trinajstić information content (AvgIpc) is 3.14. The van der Waals surface area contributed by atoms with E-state index in [0.29, 0.717) is 16.7 Å². The van der Waals surface area contributed by atoms with Gasteiger partial charge in [-0.15, -0.1) is 11.3 Å². The van der Waals surface area contributed by atoms with Crippen LogP contribution in [-0.2, 0) is 11.3 Å². The Hall–Kier alpha value is -2.47. The Labute approximate surface area is 152 Å². The van der Waals surface area contributed by atoms with Crippen LogP contribution in [0.3, 0.4) is 0 Å². The number of hydrogen-bond acceptors (Lipinski definition) is 6. The quantitative estimate of drug-likeness (QED) is 0.354. The molecule has 0 N–H and O–H groups in total. The van der Waals surface area contributed by atoms with Crippen molar-refractivity contribution in [2.75, 3.05) is 13.2 Å². The highest BCUT2D eigenvalue weighted by atomic mass is 35.5. The molecule has 0 amide bonds. The number of Topliss-reactive ketones (excluding diaryl/α,β-unsaturated/α-hetero) is 1. The number of hydrogen-bond donors (Lipinski definition) is 0. The molecule has 9 heteroatoms. The van der Waals surface area contributed by atoms with E-state index < -0.39 is 11.7 Å². The fraction of sp³-hybridized carbons (Fsp3) is 0.250. The number of ketones is 1. The van der Waals surface area contributed by atoms with Crippen LogP contribution >= 0.6 is 22.9 Å². The van der Waals surface area contributed by atoms with Gasteiger partial charge in [0.05, 0.1) is 30.2 Å². The van der Waals surface area contributed by atoms with Crippen LogP contribution in [0, 0.1) is 11.3 Å². The number of halogens is 1. The first-order chi connectivity index (χ1) is 12.1. The van der Waals surface area contributed by atoms with Crippen LogP contribution in [0.5, 0.6) is 5.88 Å². The Bertz CT molecular complexity index is 960. The van der Waals surface area contributed by atoms with Crippen molar-refractivity contribution in [3.63, 3.8) is 0 Å². The van der Waals surface area contributed by atoms with Crippen molar-refractivity contribution in [3.05, 3.63) is 45.6 Å². The third-order valence-electron chi connectivity index (χ3n) is 3.50. The van der Waals surface area contributed by atoms with E-state index in [9.17, 15) is 9.90 Å². The molecule has 7 nitrogen and oxygen atoms in total. The van der Waals surface area contributed by atoms with Crippen LogP contribution in [0.1, 0.15) is 21.8 Å². The Kier molecular flexibility index (Phi) is 5.28. The number of imidazole rings is 1. The Morgan fingerprint density at radius 1 is 1.52 bits per heavy atom. The molecule has 0 aliphatic heterocycles. The fourth-order valence-electron chi connectivity index (χ4n) is 2.46. The predicted molar refractivity (Wildman–Crippen MR) is 88.6 cm³/mol. The first kappa shape index (κ1) is 17.4. The SMILES string of the molecule is N#CCCOCC(=O)c1c([O-])[n+]2ccccc2n1Cc1cnc(Cl)s1. The second-order valence-electron chi connectivity index (χ2n) is 5.13. The highest BCUT2D eigenvalue weighted by molar-refractivity contribution is 7.15. The van der Waals surface area contributed by atoms with Crippen molar-refractivity contribution in [1.29, 1.82) is 5.26 Å². The molecule has 128 valence electrons. The first-order valence-corrected chi connectivity index (χ1v) is 8.59. The van der Waals surface area contributed by atoms with Gasteiger partial charge in [0.1, 0.15) is 19.0 Å². The van der Waals surface area contributed by atoms with Crippen molar-refractivity contribution in [1.82, 2.24) is 9.55 Å². The van der Waals surface area contributed by atoms with E-state index in [-0.39, 0.29) is 25.3 Å². The van der Waals surface area contributed by atoms with Gasteiger partial charge in [-0.3, -0.25) is 4.79 Å². The van der Waals surface area contributed by atoms with Gasteiger partial charge in [0.25, 0.3) is 5.65 Å². The minimum absolute atomic E-state index is 0.0349. The minimum Gasteiger partial charge on any atom is -0.839 e. The van der Waals surface area contributed by atoms with Gasteiger partial charge in [0.15, 0.2) is 4.47 Å². The normalized spacial score (nSPS) is 10.9. The van der Waals surface area contributed by atoms with E-state index in [0.717, 1.165) is 4.88 Å². The minimum atomic E-state index is -0.428. The Balaban J connectivity index is 1.98. The van der Waals surface area contributed by atoms with Crippen molar-refractivity contribution >= 4 is 34.4 Å². The first-order valence-electron chi connectivity index (χ1n) is 7.40. The van der Waals surface area contributed by atoms with Crippen LogP contribution in [0.25, 0.3) is 5.65 Å². The van der Waals surface area contributed by atoms with Crippen molar-refractivity contribution in [2.24, 2.45) is 0 Å². The lowest BCUT2D eigenvalue weighted by atomic mass is 10.3. The zero-order valence-electron chi connectivity index (χ0n) is 13.0. The molecule has 3 aromatic rings. The van der Waals surface area contributed by atoms with E-state index in [1.54, 1.807) is 35.2 Å². The summed E-state index contributed by atoms with van der Waals surface area (Å²) in [6.07, 6.45) is 3.42. The molecule has 0 unspecified atom stereocenters. The molecular formula is C16H13ClN4O3S. The third-order valence-corrected chi connectivity index (χ3v) is 4.60. The Morgan fingerprint density at radius 2 is 2.36 bits per heavy atom. The van der Waals surface area contributed by atoms with Crippen LogP contribution in [0.15, 0.2) is 30.6 Å². The summed E-state index contributed by atoms with van der Waals surface area (Å²) in [5.41, 5.74) is 0.630. The number of pyridine rings is 1. The van der Waals surface area contributed by atoms with Crippen molar-refractivity contribution < 1.29 is 19.0 Å². The monoisotopic (exact) mass is 376 g/mol. The predicted octanol–water partition coefficient (Wildman–Crippen LogP) is 1.57. The zero-order chi connectivity index (χ0) is 17.8. The summed E-state index contributed by atoms with van der Waals surface area (Å²) in [5.74, 6) is -0.831. The molecule has 3 aromatic heterocycles. The summed E-state index contributed by atoms with van der Waals surface area (Å²) >= 11 is 7.16. The van der Waals surface area contributed by atoms with Gasteiger partial charge in [-0.1, -0.05) is 17.7 Å². The number of carbonyl (C=O) groups excluding carboxylic acids is 1. The average molecular weight is 377 g/mol. The maximum absolute atomic E-state index is 12.7. The van der Waals surface area contributed by atoms with Crippen LogP contribution < -0.4 is 9.51 Å². The number of thiazole rings is 1. The lowest BCUT2D eigenvalue weighted by molar-refractivity contribution is -0.582. The number of aromatic nitrogens is 3. The second-order valence-corrected chi connectivity index (χ2v) is 6.83. The molecule has 0 bridgehead atoms. The van der Waals surface area contributed by atoms with Gasteiger partial charge in [0.2, 0.25) is 11.5 Å². The highest BCUT2D eigenvalue weighted by Crippen LogP contribution is 2.23. The van der Waals surface area contributed by atoms with Gasteiger partial charge in [0, 0.05) is 12.3 Å². The van der Waals surface area contributed by atoms with Gasteiger partial charge in [-0.05, 0) is 6.07 Å².